The summed E-state index contributed by atoms with van der Waals surface area (Å²) in [5.74, 6) is -1.83. The number of rotatable bonds is 5. The number of aromatic nitrogens is 2. The Labute approximate surface area is 211 Å². The van der Waals surface area contributed by atoms with Crippen LogP contribution in [0.15, 0.2) is 48.3 Å². The van der Waals surface area contributed by atoms with Crippen LogP contribution in [0, 0.1) is 6.92 Å². The number of aryl methyl sites for hydroxylation is 1. The topological polar surface area (TPSA) is 119 Å². The summed E-state index contributed by atoms with van der Waals surface area (Å²) in [5, 5.41) is 11.5. The number of aliphatic hydroxyl groups is 1. The van der Waals surface area contributed by atoms with Crippen LogP contribution in [0.3, 0.4) is 0 Å². The molecule has 36 heavy (non-hydrogen) atoms. The van der Waals surface area contributed by atoms with Crippen LogP contribution in [0.25, 0.3) is 5.76 Å². The fourth-order valence-electron chi connectivity index (χ4n) is 4.48. The second-order valence-corrected chi connectivity index (χ2v) is 9.52. The number of esters is 1. The molecule has 0 radical (unpaired) electrons. The highest BCUT2D eigenvalue weighted by Crippen LogP contribution is 2.44. The molecule has 4 heterocycles. The standard InChI is InChI=1S/C26H23N3O6S/c1-4-34-25(33)23-14(3)28-26(36-23)29-20(16-6-5-9-27-12-16)19(22(31)24(29)32)21(30)15-7-8-18-17(11-15)10-13(2)35-18/h5-9,11-13,20,30H,4,10H2,1-3H3/t13-,20+/m1/s1. The van der Waals surface area contributed by atoms with Gasteiger partial charge in [-0.25, -0.2) is 9.78 Å². The molecule has 1 amide bonds. The van der Waals surface area contributed by atoms with Crippen molar-refractivity contribution in [3.8, 4) is 5.75 Å². The van der Waals surface area contributed by atoms with Crippen LogP contribution < -0.4 is 9.64 Å². The number of pyridine rings is 1. The van der Waals surface area contributed by atoms with E-state index in [1.54, 1.807) is 50.4 Å². The Balaban J connectivity index is 1.65. The van der Waals surface area contributed by atoms with E-state index >= 15 is 0 Å². The van der Waals surface area contributed by atoms with Crippen molar-refractivity contribution in [3.63, 3.8) is 0 Å². The molecule has 1 N–H and O–H groups in total. The van der Waals surface area contributed by atoms with Gasteiger partial charge in [-0.3, -0.25) is 19.5 Å². The summed E-state index contributed by atoms with van der Waals surface area (Å²) in [4.78, 5) is 49.0. The maximum Gasteiger partial charge on any atom is 0.350 e. The average molecular weight is 506 g/mol. The Morgan fingerprint density at radius 1 is 1.31 bits per heavy atom. The number of aliphatic hydroxyl groups excluding tert-OH is 1. The van der Waals surface area contributed by atoms with Gasteiger partial charge in [-0.15, -0.1) is 0 Å². The molecule has 1 saturated heterocycles. The number of thiazole rings is 1. The maximum atomic E-state index is 13.3. The van der Waals surface area contributed by atoms with Gasteiger partial charge in [0.15, 0.2) is 5.13 Å². The van der Waals surface area contributed by atoms with Crippen LogP contribution >= 0.6 is 11.3 Å². The van der Waals surface area contributed by atoms with Gasteiger partial charge in [-0.1, -0.05) is 17.4 Å². The molecule has 0 saturated carbocycles. The summed E-state index contributed by atoms with van der Waals surface area (Å²) in [7, 11) is 0. The predicted octanol–water partition coefficient (Wildman–Crippen LogP) is 3.97. The number of anilines is 1. The van der Waals surface area contributed by atoms with E-state index in [2.05, 4.69) is 9.97 Å². The number of hydrogen-bond acceptors (Lipinski definition) is 9. The molecule has 2 aromatic heterocycles. The first-order valence-electron chi connectivity index (χ1n) is 11.5. The van der Waals surface area contributed by atoms with Gasteiger partial charge < -0.3 is 14.6 Å². The van der Waals surface area contributed by atoms with Gasteiger partial charge in [0, 0.05) is 24.4 Å². The fourth-order valence-corrected chi connectivity index (χ4v) is 5.47. The Hall–Kier alpha value is -4.05. The molecule has 9 nitrogen and oxygen atoms in total. The zero-order valence-electron chi connectivity index (χ0n) is 19.8. The molecule has 2 aliphatic rings. The average Bonchev–Trinajstić information content (AvgIpc) is 3.51. The number of amides is 1. The van der Waals surface area contributed by atoms with E-state index in [4.69, 9.17) is 9.47 Å². The number of carbonyl (C=O) groups is 3. The van der Waals surface area contributed by atoms with Crippen LogP contribution in [0.1, 0.15) is 51.9 Å². The van der Waals surface area contributed by atoms with E-state index in [1.165, 1.54) is 11.1 Å². The number of Topliss-reactive ketones (excluding diaryl/α,β-unsaturated/α-hetero) is 1. The van der Waals surface area contributed by atoms with Crippen molar-refractivity contribution < 1.29 is 29.0 Å². The molecule has 2 aliphatic heterocycles. The summed E-state index contributed by atoms with van der Waals surface area (Å²) in [5.41, 5.74) is 2.13. The van der Waals surface area contributed by atoms with Gasteiger partial charge in [-0.05, 0) is 56.2 Å². The predicted molar refractivity (Wildman–Crippen MR) is 132 cm³/mol. The van der Waals surface area contributed by atoms with Crippen LogP contribution in [0.4, 0.5) is 5.13 Å². The van der Waals surface area contributed by atoms with Crippen molar-refractivity contribution in [2.24, 2.45) is 0 Å². The highest BCUT2D eigenvalue weighted by molar-refractivity contribution is 7.17. The lowest BCUT2D eigenvalue weighted by molar-refractivity contribution is -0.132. The fraction of sp³-hybridized carbons (Fsp3) is 0.269. The summed E-state index contributed by atoms with van der Waals surface area (Å²) < 4.78 is 10.8. The molecule has 2 atom stereocenters. The number of hydrogen-bond donors (Lipinski definition) is 1. The molecule has 1 aromatic carbocycles. The van der Waals surface area contributed by atoms with Gasteiger partial charge in [0.2, 0.25) is 0 Å². The first-order valence-corrected chi connectivity index (χ1v) is 12.3. The minimum Gasteiger partial charge on any atom is -0.507 e. The van der Waals surface area contributed by atoms with Crippen LogP contribution in [0.5, 0.6) is 5.75 Å². The maximum absolute atomic E-state index is 13.3. The molecule has 0 unspecified atom stereocenters. The van der Waals surface area contributed by atoms with Gasteiger partial charge in [-0.2, -0.15) is 0 Å². The summed E-state index contributed by atoms with van der Waals surface area (Å²) >= 11 is 0.961. The van der Waals surface area contributed by atoms with E-state index < -0.39 is 23.7 Å². The number of carbonyl (C=O) groups excluding carboxylic acids is 3. The van der Waals surface area contributed by atoms with E-state index in [9.17, 15) is 19.5 Å². The summed E-state index contributed by atoms with van der Waals surface area (Å²) in [6.45, 7) is 5.47. The molecule has 0 aliphatic carbocycles. The third-order valence-corrected chi connectivity index (χ3v) is 7.20. The Kier molecular flexibility index (Phi) is 6.05. The first-order chi connectivity index (χ1) is 17.3. The molecular weight excluding hydrogens is 482 g/mol. The molecule has 0 spiro atoms. The second kappa shape index (κ2) is 9.19. The highest BCUT2D eigenvalue weighted by atomic mass is 32.1. The Bertz CT molecular complexity index is 1410. The lowest BCUT2D eigenvalue weighted by atomic mass is 9.95. The van der Waals surface area contributed by atoms with Gasteiger partial charge in [0.25, 0.3) is 5.78 Å². The molecule has 3 aromatic rings. The zero-order chi connectivity index (χ0) is 25.6. The highest BCUT2D eigenvalue weighted by Gasteiger charge is 2.48. The third-order valence-electron chi connectivity index (χ3n) is 6.07. The molecule has 10 heteroatoms. The van der Waals surface area contributed by atoms with Crippen molar-refractivity contribution in [1.29, 1.82) is 0 Å². The number of benzene rings is 1. The second-order valence-electron chi connectivity index (χ2n) is 8.54. The van der Waals surface area contributed by atoms with E-state index in [1.807, 2.05) is 6.92 Å². The SMILES string of the molecule is CCOC(=O)c1sc(N2C(=O)C(=O)C(=C(O)c3ccc4c(c3)C[C@@H](C)O4)[C@@H]2c2cccnc2)nc1C. The van der Waals surface area contributed by atoms with Crippen molar-refractivity contribution in [2.45, 2.75) is 39.3 Å². The monoisotopic (exact) mass is 505 g/mol. The summed E-state index contributed by atoms with van der Waals surface area (Å²) in [6.07, 6.45) is 3.79. The molecule has 0 bridgehead atoms. The van der Waals surface area contributed by atoms with Crippen molar-refractivity contribution >= 4 is 39.9 Å². The van der Waals surface area contributed by atoms with Gasteiger partial charge >= 0.3 is 11.9 Å². The lowest BCUT2D eigenvalue weighted by Crippen LogP contribution is -2.29. The molecule has 5 rings (SSSR count). The van der Waals surface area contributed by atoms with Crippen LogP contribution in [-0.4, -0.2) is 45.4 Å². The van der Waals surface area contributed by atoms with E-state index in [0.717, 1.165) is 22.6 Å². The minimum atomic E-state index is -0.984. The van der Waals surface area contributed by atoms with Crippen molar-refractivity contribution in [1.82, 2.24) is 9.97 Å². The first kappa shape index (κ1) is 23.7. The molecule has 184 valence electrons. The van der Waals surface area contributed by atoms with Crippen molar-refractivity contribution in [3.05, 3.63) is 75.6 Å². The van der Waals surface area contributed by atoms with Gasteiger partial charge in [0.1, 0.15) is 22.5 Å². The van der Waals surface area contributed by atoms with Gasteiger partial charge in [0.05, 0.1) is 23.9 Å². The smallest absolute Gasteiger partial charge is 0.350 e. The van der Waals surface area contributed by atoms with E-state index in [0.29, 0.717) is 23.2 Å². The van der Waals surface area contributed by atoms with Crippen LogP contribution in [-0.2, 0) is 20.7 Å². The lowest BCUT2D eigenvalue weighted by Gasteiger charge is -2.22. The number of nitrogens with zero attached hydrogens (tertiary/aromatic N) is 3. The third kappa shape index (κ3) is 3.93. The van der Waals surface area contributed by atoms with Crippen LogP contribution in [0.2, 0.25) is 0 Å². The zero-order valence-corrected chi connectivity index (χ0v) is 20.7. The molecule has 1 fully saturated rings. The minimum absolute atomic E-state index is 0.0140. The number of ether oxygens (including phenoxy) is 2. The normalized spacial score (nSPS) is 20.4. The molecular formula is C26H23N3O6S. The largest absolute Gasteiger partial charge is 0.507 e. The number of fused-ring (bicyclic) bond motifs is 1. The van der Waals surface area contributed by atoms with E-state index in [-0.39, 0.29) is 34.1 Å². The summed E-state index contributed by atoms with van der Waals surface area (Å²) in [6, 6.07) is 7.59. The Morgan fingerprint density at radius 3 is 2.83 bits per heavy atom. The van der Waals surface area contributed by atoms with Crippen molar-refractivity contribution in [2.75, 3.05) is 11.5 Å². The Morgan fingerprint density at radius 2 is 2.11 bits per heavy atom. The quantitative estimate of drug-likeness (QED) is 0.239. The number of ketones is 1.